The first-order chi connectivity index (χ1) is 5.33. The van der Waals surface area contributed by atoms with E-state index >= 15 is 0 Å². The lowest BCUT2D eigenvalue weighted by molar-refractivity contribution is 0.585. The summed E-state index contributed by atoms with van der Waals surface area (Å²) in [6.07, 6.45) is 3.39. The van der Waals surface area contributed by atoms with Crippen LogP contribution < -0.4 is 5.73 Å². The molecule has 1 heterocycles. The quantitative estimate of drug-likeness (QED) is 0.680. The Bertz CT molecular complexity index is 261. The number of hydrogen-bond donors (Lipinski definition) is 1. The van der Waals surface area contributed by atoms with Gasteiger partial charge in [0.05, 0.1) is 11.7 Å². The highest BCUT2D eigenvalue weighted by Gasteiger charge is 2.27. The Kier molecular flexibility index (Phi) is 1.34. The van der Waals surface area contributed by atoms with Crippen LogP contribution in [0.25, 0.3) is 0 Å². The molecule has 0 radical (unpaired) electrons. The van der Waals surface area contributed by atoms with Crippen molar-refractivity contribution in [3.05, 3.63) is 5.69 Å². The third kappa shape index (κ3) is 0.982. The van der Waals surface area contributed by atoms with E-state index in [1.165, 1.54) is 12.8 Å². The van der Waals surface area contributed by atoms with Gasteiger partial charge in [0.25, 0.3) is 0 Å². The van der Waals surface area contributed by atoms with Crippen LogP contribution in [0.3, 0.4) is 0 Å². The van der Waals surface area contributed by atoms with Gasteiger partial charge in [-0.3, -0.25) is 0 Å². The van der Waals surface area contributed by atoms with E-state index in [4.69, 9.17) is 5.73 Å². The van der Waals surface area contributed by atoms with Gasteiger partial charge in [-0.1, -0.05) is 12.1 Å². The van der Waals surface area contributed by atoms with Crippen molar-refractivity contribution in [2.75, 3.05) is 5.73 Å². The summed E-state index contributed by atoms with van der Waals surface area (Å²) in [5.41, 5.74) is 6.71. The third-order valence-electron chi connectivity index (χ3n) is 2.05. The highest BCUT2D eigenvalue weighted by Crippen LogP contribution is 2.35. The summed E-state index contributed by atoms with van der Waals surface area (Å²) >= 11 is 0. The summed E-state index contributed by atoms with van der Waals surface area (Å²) in [4.78, 5) is 0. The van der Waals surface area contributed by atoms with E-state index in [1.54, 1.807) is 0 Å². The number of nitrogen functional groups attached to an aromatic ring is 1. The lowest BCUT2D eigenvalue weighted by Gasteiger charge is -2.00. The molecule has 0 aromatic carbocycles. The minimum absolute atomic E-state index is 0.592. The van der Waals surface area contributed by atoms with Crippen molar-refractivity contribution in [1.29, 1.82) is 0 Å². The van der Waals surface area contributed by atoms with Gasteiger partial charge in [0.15, 0.2) is 5.82 Å². The number of aromatic nitrogens is 3. The molecule has 4 heteroatoms. The molecule has 0 aliphatic heterocycles. The number of nitrogens with zero attached hydrogens (tertiary/aromatic N) is 3. The summed E-state index contributed by atoms with van der Waals surface area (Å²) in [5.74, 6) is 0.597. The zero-order valence-electron chi connectivity index (χ0n) is 6.62. The zero-order chi connectivity index (χ0) is 7.84. The first kappa shape index (κ1) is 6.64. The Balaban J connectivity index is 2.36. The second-order valence-electron chi connectivity index (χ2n) is 2.95. The molecule has 1 aromatic heterocycles. The molecule has 2 rings (SSSR count). The van der Waals surface area contributed by atoms with Gasteiger partial charge in [0.1, 0.15) is 0 Å². The van der Waals surface area contributed by atoms with Crippen LogP contribution >= 0.6 is 0 Å². The molecule has 1 fully saturated rings. The van der Waals surface area contributed by atoms with Crippen molar-refractivity contribution in [3.8, 4) is 0 Å². The van der Waals surface area contributed by atoms with Gasteiger partial charge in [-0.2, -0.15) is 0 Å². The Morgan fingerprint density at radius 1 is 1.64 bits per heavy atom. The third-order valence-corrected chi connectivity index (χ3v) is 2.05. The van der Waals surface area contributed by atoms with Crippen LogP contribution in [0.4, 0.5) is 5.82 Å². The monoisotopic (exact) mass is 152 g/mol. The lowest BCUT2D eigenvalue weighted by Crippen LogP contribution is -2.02. The maximum absolute atomic E-state index is 5.62. The van der Waals surface area contributed by atoms with Gasteiger partial charge in [0.2, 0.25) is 0 Å². The van der Waals surface area contributed by atoms with E-state index in [2.05, 4.69) is 17.2 Å². The van der Waals surface area contributed by atoms with Crippen molar-refractivity contribution < 1.29 is 0 Å². The van der Waals surface area contributed by atoms with Crippen molar-refractivity contribution in [2.45, 2.75) is 32.2 Å². The topological polar surface area (TPSA) is 56.7 Å². The van der Waals surface area contributed by atoms with Crippen LogP contribution in [-0.4, -0.2) is 15.0 Å². The summed E-state index contributed by atoms with van der Waals surface area (Å²) in [5, 5.41) is 7.83. The second-order valence-corrected chi connectivity index (χ2v) is 2.95. The average Bonchev–Trinajstić information content (AvgIpc) is 2.76. The minimum atomic E-state index is 0.592. The predicted octanol–water partition coefficient (Wildman–Crippen LogP) is 0.758. The molecular weight excluding hydrogens is 140 g/mol. The molecular formula is C7H12N4. The number of rotatable bonds is 2. The summed E-state index contributed by atoms with van der Waals surface area (Å²) < 4.78 is 1.97. The zero-order valence-corrected chi connectivity index (χ0v) is 6.62. The maximum atomic E-state index is 5.62. The highest BCUT2D eigenvalue weighted by atomic mass is 15.5. The van der Waals surface area contributed by atoms with E-state index in [-0.39, 0.29) is 0 Å². The maximum Gasteiger partial charge on any atom is 0.169 e. The van der Waals surface area contributed by atoms with Gasteiger partial charge in [-0.05, 0) is 19.3 Å². The van der Waals surface area contributed by atoms with E-state index < -0.39 is 0 Å². The number of anilines is 1. The Morgan fingerprint density at radius 2 is 2.36 bits per heavy atom. The molecule has 60 valence electrons. The molecule has 0 bridgehead atoms. The largest absolute Gasteiger partial charge is 0.381 e. The van der Waals surface area contributed by atoms with Gasteiger partial charge in [-0.15, -0.1) is 5.10 Å². The van der Waals surface area contributed by atoms with Crippen molar-refractivity contribution in [1.82, 2.24) is 15.0 Å². The molecule has 1 saturated carbocycles. The molecule has 11 heavy (non-hydrogen) atoms. The van der Waals surface area contributed by atoms with E-state index in [0.29, 0.717) is 11.9 Å². The smallest absolute Gasteiger partial charge is 0.169 e. The van der Waals surface area contributed by atoms with Crippen LogP contribution in [0.15, 0.2) is 0 Å². The molecule has 1 aromatic rings. The summed E-state index contributed by atoms with van der Waals surface area (Å²) in [6.45, 7) is 2.08. The Hall–Kier alpha value is -1.06. The average molecular weight is 152 g/mol. The first-order valence-electron chi connectivity index (χ1n) is 4.02. The Labute approximate surface area is 65.4 Å². The fraction of sp³-hybridized carbons (Fsp3) is 0.714. The van der Waals surface area contributed by atoms with Gasteiger partial charge in [0, 0.05) is 0 Å². The normalized spacial score (nSPS) is 17.2. The summed E-state index contributed by atoms with van der Waals surface area (Å²) in [6, 6.07) is 0.592. The van der Waals surface area contributed by atoms with Gasteiger partial charge >= 0.3 is 0 Å². The predicted molar refractivity (Wildman–Crippen MR) is 42.1 cm³/mol. The Morgan fingerprint density at radius 3 is 2.91 bits per heavy atom. The second kappa shape index (κ2) is 2.22. The fourth-order valence-electron chi connectivity index (χ4n) is 1.28. The molecule has 4 nitrogen and oxygen atoms in total. The number of nitrogens with two attached hydrogens (primary N) is 1. The van der Waals surface area contributed by atoms with E-state index in [0.717, 1.165) is 12.1 Å². The summed E-state index contributed by atoms with van der Waals surface area (Å²) in [7, 11) is 0. The van der Waals surface area contributed by atoms with Gasteiger partial charge < -0.3 is 5.73 Å². The van der Waals surface area contributed by atoms with Crippen molar-refractivity contribution in [2.24, 2.45) is 0 Å². The SMILES string of the molecule is CCc1c(N)nnn1C1CC1. The lowest BCUT2D eigenvalue weighted by atomic mass is 10.3. The van der Waals surface area contributed by atoms with E-state index in [1.807, 2.05) is 4.68 Å². The molecule has 1 aliphatic carbocycles. The molecule has 0 atom stereocenters. The standard InChI is InChI=1S/C7H12N4/c1-2-6-7(8)9-10-11(6)5-3-4-5/h5H,2-4,8H2,1H3. The van der Waals surface area contributed by atoms with Crippen LogP contribution in [0.2, 0.25) is 0 Å². The first-order valence-corrected chi connectivity index (χ1v) is 4.02. The van der Waals surface area contributed by atoms with Crippen LogP contribution in [-0.2, 0) is 6.42 Å². The molecule has 0 spiro atoms. The molecule has 0 saturated heterocycles. The molecule has 0 amide bonds. The number of hydrogen-bond acceptors (Lipinski definition) is 3. The molecule has 2 N–H and O–H groups in total. The van der Waals surface area contributed by atoms with Gasteiger partial charge in [-0.25, -0.2) is 4.68 Å². The van der Waals surface area contributed by atoms with Crippen LogP contribution in [0.1, 0.15) is 31.5 Å². The highest BCUT2D eigenvalue weighted by molar-refractivity contribution is 5.33. The van der Waals surface area contributed by atoms with Crippen LogP contribution in [0, 0.1) is 0 Å². The van der Waals surface area contributed by atoms with Crippen molar-refractivity contribution >= 4 is 5.82 Å². The van der Waals surface area contributed by atoms with Crippen molar-refractivity contribution in [3.63, 3.8) is 0 Å². The van der Waals surface area contributed by atoms with E-state index in [9.17, 15) is 0 Å². The molecule has 1 aliphatic rings. The molecule has 0 unspecified atom stereocenters. The van der Waals surface area contributed by atoms with Crippen LogP contribution in [0.5, 0.6) is 0 Å². The fourth-order valence-corrected chi connectivity index (χ4v) is 1.28. The minimum Gasteiger partial charge on any atom is -0.381 e.